The Morgan fingerprint density at radius 2 is 1.04 bits per heavy atom. The summed E-state index contributed by atoms with van der Waals surface area (Å²) in [5.41, 5.74) is 5.66. The molecule has 0 spiro atoms. The zero-order chi connectivity index (χ0) is 17.8. The van der Waals surface area contributed by atoms with E-state index in [1.165, 1.54) is 49.7 Å². The second kappa shape index (κ2) is 5.53. The summed E-state index contributed by atoms with van der Waals surface area (Å²) < 4.78 is 0. The van der Waals surface area contributed by atoms with Gasteiger partial charge in [-0.2, -0.15) is 0 Å². The van der Waals surface area contributed by atoms with Gasteiger partial charge in [-0.1, -0.05) is 36.1 Å². The van der Waals surface area contributed by atoms with E-state index in [4.69, 9.17) is 12.8 Å². The van der Waals surface area contributed by atoms with Crippen LogP contribution in [0.4, 0.5) is 0 Å². The van der Waals surface area contributed by atoms with Crippen LogP contribution in [-0.4, -0.2) is 0 Å². The lowest BCUT2D eigenvalue weighted by molar-refractivity contribution is -0.0281. The monoisotopic (exact) mass is 336 g/mol. The molecule has 0 unspecified atom stereocenters. The Morgan fingerprint density at radius 1 is 0.654 bits per heavy atom. The molecule has 0 nitrogen and oxygen atoms in total. The van der Waals surface area contributed by atoms with E-state index in [2.05, 4.69) is 60.4 Å². The third kappa shape index (κ3) is 2.26. The smallest absolute Gasteiger partial charge is 0.0242 e. The molecule has 0 saturated heterocycles. The van der Waals surface area contributed by atoms with Crippen molar-refractivity contribution in [2.45, 2.75) is 49.4 Å². The minimum absolute atomic E-state index is 0.335. The Hall–Kier alpha value is -2.44. The van der Waals surface area contributed by atoms with Crippen molar-refractivity contribution in [2.24, 2.45) is 11.8 Å². The van der Waals surface area contributed by atoms with Crippen molar-refractivity contribution in [1.29, 1.82) is 0 Å². The summed E-state index contributed by atoms with van der Waals surface area (Å²) in [6.07, 6.45) is 19.2. The molecule has 26 heavy (non-hydrogen) atoms. The van der Waals surface area contributed by atoms with E-state index >= 15 is 0 Å². The number of rotatable bonds is 2. The topological polar surface area (TPSA) is 0 Å². The highest BCUT2D eigenvalue weighted by molar-refractivity contribution is 5.43. The molecule has 0 atom stereocenters. The highest BCUT2D eigenvalue weighted by atomic mass is 14.6. The van der Waals surface area contributed by atoms with Gasteiger partial charge < -0.3 is 0 Å². The van der Waals surface area contributed by atoms with Gasteiger partial charge in [0.2, 0.25) is 0 Å². The van der Waals surface area contributed by atoms with E-state index in [0.717, 1.165) is 23.0 Å². The van der Waals surface area contributed by atoms with E-state index in [9.17, 15) is 0 Å². The van der Waals surface area contributed by atoms with Gasteiger partial charge in [-0.25, -0.2) is 0 Å². The summed E-state index contributed by atoms with van der Waals surface area (Å²) in [5, 5.41) is 0. The molecule has 0 N–H and O–H groups in total. The third-order valence-electron chi connectivity index (χ3n) is 7.39. The third-order valence-corrected chi connectivity index (χ3v) is 7.39. The number of hydrogen-bond acceptors (Lipinski definition) is 0. The first-order valence-corrected chi connectivity index (χ1v) is 9.79. The standard InChI is InChI=1S/C26H24/c1-3-19-5-9-23(10-6-19)25-14-21-13-22(15-25)17-26(16-21,18-25)24-11-7-20(4-2)8-12-24/h1-2,5-12,21-22H,13-18H2. The van der Waals surface area contributed by atoms with Gasteiger partial charge >= 0.3 is 0 Å². The van der Waals surface area contributed by atoms with Crippen molar-refractivity contribution in [3.63, 3.8) is 0 Å². The molecule has 0 radical (unpaired) electrons. The van der Waals surface area contributed by atoms with Crippen LogP contribution in [-0.2, 0) is 10.8 Å². The molecule has 0 amide bonds. The van der Waals surface area contributed by atoms with Crippen LogP contribution < -0.4 is 0 Å². The number of terminal acetylenes is 2. The lowest BCUT2D eigenvalue weighted by Gasteiger charge is -2.62. The minimum atomic E-state index is 0.335. The van der Waals surface area contributed by atoms with Gasteiger partial charge in [0.15, 0.2) is 0 Å². The highest BCUT2D eigenvalue weighted by Crippen LogP contribution is 2.66. The second-order valence-corrected chi connectivity index (χ2v) is 8.97. The van der Waals surface area contributed by atoms with Crippen LogP contribution in [0, 0.1) is 36.5 Å². The first kappa shape index (κ1) is 15.8. The zero-order valence-electron chi connectivity index (χ0n) is 15.2. The molecule has 0 heterocycles. The van der Waals surface area contributed by atoms with Crippen LogP contribution in [0.15, 0.2) is 48.5 Å². The number of benzene rings is 2. The largest absolute Gasteiger partial charge is 0.115 e. The maximum atomic E-state index is 5.56. The maximum absolute atomic E-state index is 5.56. The molecule has 0 heteroatoms. The Balaban J connectivity index is 1.57. The van der Waals surface area contributed by atoms with Crippen molar-refractivity contribution in [3.05, 3.63) is 70.8 Å². The first-order valence-electron chi connectivity index (χ1n) is 9.79. The van der Waals surface area contributed by atoms with Gasteiger partial charge in [-0.3, -0.25) is 0 Å². The molecule has 4 bridgehead atoms. The summed E-state index contributed by atoms with van der Waals surface area (Å²) in [5.74, 6) is 7.23. The normalized spacial score (nSPS) is 34.2. The predicted molar refractivity (Wildman–Crippen MR) is 107 cm³/mol. The van der Waals surface area contributed by atoms with Gasteiger partial charge in [-0.15, -0.1) is 12.8 Å². The summed E-state index contributed by atoms with van der Waals surface area (Å²) >= 11 is 0. The fourth-order valence-corrected chi connectivity index (χ4v) is 6.78. The van der Waals surface area contributed by atoms with Crippen molar-refractivity contribution in [3.8, 4) is 24.7 Å². The average Bonchev–Trinajstić information content (AvgIpc) is 2.67. The molecule has 4 saturated carbocycles. The quantitative estimate of drug-likeness (QED) is 0.641. The Kier molecular flexibility index (Phi) is 3.36. The second-order valence-electron chi connectivity index (χ2n) is 8.97. The summed E-state index contributed by atoms with van der Waals surface area (Å²) in [6.45, 7) is 0. The van der Waals surface area contributed by atoms with E-state index < -0.39 is 0 Å². The maximum Gasteiger partial charge on any atom is 0.0242 e. The summed E-state index contributed by atoms with van der Waals surface area (Å²) in [4.78, 5) is 0. The first-order chi connectivity index (χ1) is 12.6. The van der Waals surface area contributed by atoms with E-state index in [1.54, 1.807) is 0 Å². The number of hydrogen-bond donors (Lipinski definition) is 0. The van der Waals surface area contributed by atoms with Crippen LogP contribution in [0.5, 0.6) is 0 Å². The zero-order valence-corrected chi connectivity index (χ0v) is 15.2. The average molecular weight is 336 g/mol. The molecular formula is C26H24. The van der Waals surface area contributed by atoms with E-state index in [-0.39, 0.29) is 0 Å². The molecule has 6 rings (SSSR count). The van der Waals surface area contributed by atoms with Gasteiger partial charge in [0.25, 0.3) is 0 Å². The molecule has 128 valence electrons. The molecule has 2 aromatic carbocycles. The fraction of sp³-hybridized carbons (Fsp3) is 0.385. The predicted octanol–water partition coefficient (Wildman–Crippen LogP) is 5.44. The van der Waals surface area contributed by atoms with Crippen LogP contribution in [0.2, 0.25) is 0 Å². The summed E-state index contributed by atoms with van der Waals surface area (Å²) in [6, 6.07) is 17.7. The molecule has 0 aromatic heterocycles. The Morgan fingerprint density at radius 3 is 1.38 bits per heavy atom. The van der Waals surface area contributed by atoms with Crippen molar-refractivity contribution >= 4 is 0 Å². The molecule has 4 aliphatic carbocycles. The van der Waals surface area contributed by atoms with Gasteiger partial charge in [0.1, 0.15) is 0 Å². The van der Waals surface area contributed by atoms with E-state index in [1.807, 2.05) is 0 Å². The fourth-order valence-electron chi connectivity index (χ4n) is 6.78. The van der Waals surface area contributed by atoms with Crippen molar-refractivity contribution < 1.29 is 0 Å². The van der Waals surface area contributed by atoms with Gasteiger partial charge in [-0.05, 0) is 96.6 Å². The van der Waals surface area contributed by atoms with Crippen LogP contribution in [0.1, 0.15) is 60.8 Å². The molecule has 4 aliphatic rings. The SMILES string of the molecule is C#Cc1ccc(C23CC4CC(C2)CC(c2ccc(C#C)cc2)(C4)C3)cc1. The Labute approximate surface area is 157 Å². The van der Waals surface area contributed by atoms with Gasteiger partial charge in [0, 0.05) is 11.1 Å². The lowest BCUT2D eigenvalue weighted by Crippen LogP contribution is -2.55. The minimum Gasteiger partial charge on any atom is -0.115 e. The molecule has 0 aliphatic heterocycles. The van der Waals surface area contributed by atoms with Crippen LogP contribution in [0.3, 0.4) is 0 Å². The molecule has 2 aromatic rings. The van der Waals surface area contributed by atoms with Crippen molar-refractivity contribution in [1.82, 2.24) is 0 Å². The van der Waals surface area contributed by atoms with Crippen molar-refractivity contribution in [2.75, 3.05) is 0 Å². The molecular weight excluding hydrogens is 312 g/mol. The van der Waals surface area contributed by atoms with E-state index in [0.29, 0.717) is 10.8 Å². The Bertz CT molecular complexity index is 824. The van der Waals surface area contributed by atoms with Crippen LogP contribution >= 0.6 is 0 Å². The highest BCUT2D eigenvalue weighted by Gasteiger charge is 2.58. The van der Waals surface area contributed by atoms with Gasteiger partial charge in [0.05, 0.1) is 0 Å². The summed E-state index contributed by atoms with van der Waals surface area (Å²) in [7, 11) is 0. The van der Waals surface area contributed by atoms with Crippen LogP contribution in [0.25, 0.3) is 0 Å². The molecule has 4 fully saturated rings. The lowest BCUT2D eigenvalue weighted by atomic mass is 9.41.